The van der Waals surface area contributed by atoms with Crippen molar-refractivity contribution in [3.8, 4) is 0 Å². The Balaban J connectivity index is 1.94. The Labute approximate surface area is 122 Å². The van der Waals surface area contributed by atoms with Gasteiger partial charge in [0.25, 0.3) is 0 Å². The van der Waals surface area contributed by atoms with Crippen LogP contribution in [0.15, 0.2) is 42.7 Å². The van der Waals surface area contributed by atoms with Crippen LogP contribution < -0.4 is 5.32 Å². The van der Waals surface area contributed by atoms with Crippen LogP contribution in [0.5, 0.6) is 0 Å². The van der Waals surface area contributed by atoms with Crippen LogP contribution in [0.25, 0.3) is 0 Å². The molecule has 0 bridgehead atoms. The summed E-state index contributed by atoms with van der Waals surface area (Å²) in [5.41, 5.74) is 4.26. The number of benzene rings is 1. The Hall–Kier alpha value is -1.54. The molecule has 0 atom stereocenters. The van der Waals surface area contributed by atoms with E-state index in [4.69, 9.17) is 0 Å². The summed E-state index contributed by atoms with van der Waals surface area (Å²) in [7, 11) is 0. The second-order valence-corrected chi connectivity index (χ2v) is 6.47. The quantitative estimate of drug-likeness (QED) is 0.869. The van der Waals surface area contributed by atoms with Gasteiger partial charge in [0.2, 0.25) is 0 Å². The van der Waals surface area contributed by atoms with E-state index in [2.05, 4.69) is 80.3 Å². The summed E-state index contributed by atoms with van der Waals surface area (Å²) in [6.45, 7) is 10.6. The lowest BCUT2D eigenvalue weighted by Gasteiger charge is -2.19. The first-order valence-electron chi connectivity index (χ1n) is 7.44. The fourth-order valence-electron chi connectivity index (χ4n) is 2.15. The second-order valence-electron chi connectivity index (χ2n) is 6.47. The normalized spacial score (nSPS) is 11.8. The molecule has 20 heavy (non-hydrogen) atoms. The van der Waals surface area contributed by atoms with Crippen LogP contribution in [0.3, 0.4) is 0 Å². The molecule has 0 saturated heterocycles. The van der Waals surface area contributed by atoms with Crippen molar-refractivity contribution < 1.29 is 0 Å². The monoisotopic (exact) mass is 270 g/mol. The Morgan fingerprint density at radius 1 is 0.950 bits per heavy atom. The molecule has 0 radical (unpaired) electrons. The predicted molar refractivity (Wildman–Crippen MR) is 85.9 cm³/mol. The Morgan fingerprint density at radius 3 is 2.20 bits per heavy atom. The largest absolute Gasteiger partial charge is 0.350 e. The van der Waals surface area contributed by atoms with E-state index in [0.29, 0.717) is 0 Å². The molecule has 0 spiro atoms. The van der Waals surface area contributed by atoms with Gasteiger partial charge in [0.1, 0.15) is 0 Å². The fourth-order valence-corrected chi connectivity index (χ4v) is 2.15. The highest BCUT2D eigenvalue weighted by molar-refractivity contribution is 5.23. The van der Waals surface area contributed by atoms with Crippen molar-refractivity contribution in [1.82, 2.24) is 9.88 Å². The van der Waals surface area contributed by atoms with Crippen molar-refractivity contribution in [2.24, 2.45) is 0 Å². The molecule has 108 valence electrons. The second kappa shape index (κ2) is 6.27. The van der Waals surface area contributed by atoms with E-state index in [-0.39, 0.29) is 5.54 Å². The Morgan fingerprint density at radius 2 is 1.60 bits per heavy atom. The summed E-state index contributed by atoms with van der Waals surface area (Å²) in [6, 6.07) is 11.1. The molecule has 0 unspecified atom stereocenters. The average Bonchev–Trinajstić information content (AvgIpc) is 2.84. The van der Waals surface area contributed by atoms with Crippen LogP contribution in [-0.4, -0.2) is 10.1 Å². The maximum absolute atomic E-state index is 3.52. The lowest BCUT2D eigenvalue weighted by atomic mass is 10.1. The van der Waals surface area contributed by atoms with Gasteiger partial charge in [0.05, 0.1) is 0 Å². The molecule has 2 rings (SSSR count). The molecule has 1 aromatic carbocycles. The van der Waals surface area contributed by atoms with Crippen molar-refractivity contribution in [3.05, 3.63) is 59.4 Å². The van der Waals surface area contributed by atoms with Crippen LogP contribution in [-0.2, 0) is 19.5 Å². The van der Waals surface area contributed by atoms with Gasteiger partial charge in [-0.2, -0.15) is 0 Å². The number of rotatable bonds is 5. The summed E-state index contributed by atoms with van der Waals surface area (Å²) in [6.07, 6.45) is 5.49. The van der Waals surface area contributed by atoms with Crippen molar-refractivity contribution in [2.45, 2.75) is 52.7 Å². The smallest absolute Gasteiger partial charge is 0.0470 e. The van der Waals surface area contributed by atoms with Gasteiger partial charge in [-0.05, 0) is 49.9 Å². The predicted octanol–water partition coefficient (Wildman–Crippen LogP) is 3.99. The van der Waals surface area contributed by atoms with E-state index >= 15 is 0 Å². The summed E-state index contributed by atoms with van der Waals surface area (Å²) in [5, 5.41) is 3.52. The minimum absolute atomic E-state index is 0.165. The van der Waals surface area contributed by atoms with E-state index < -0.39 is 0 Å². The molecule has 1 aromatic heterocycles. The van der Waals surface area contributed by atoms with Crippen molar-refractivity contribution in [1.29, 1.82) is 0 Å². The number of hydrogen-bond donors (Lipinski definition) is 1. The number of aromatic nitrogens is 1. The molecular formula is C18H26N2. The van der Waals surface area contributed by atoms with Gasteiger partial charge in [-0.15, -0.1) is 0 Å². The summed E-state index contributed by atoms with van der Waals surface area (Å²) >= 11 is 0. The van der Waals surface area contributed by atoms with E-state index in [1.54, 1.807) is 0 Å². The van der Waals surface area contributed by atoms with Gasteiger partial charge in [0.15, 0.2) is 0 Å². The zero-order valence-corrected chi connectivity index (χ0v) is 13.1. The van der Waals surface area contributed by atoms with Gasteiger partial charge in [-0.1, -0.05) is 31.2 Å². The van der Waals surface area contributed by atoms with Gasteiger partial charge in [0, 0.05) is 31.0 Å². The summed E-state index contributed by atoms with van der Waals surface area (Å²) in [4.78, 5) is 0. The zero-order valence-electron chi connectivity index (χ0n) is 13.1. The maximum atomic E-state index is 3.52. The zero-order chi connectivity index (χ0) is 14.6. The summed E-state index contributed by atoms with van der Waals surface area (Å²) < 4.78 is 2.25. The first-order chi connectivity index (χ1) is 9.46. The van der Waals surface area contributed by atoms with Crippen LogP contribution in [0, 0.1) is 0 Å². The molecule has 0 aliphatic rings. The molecule has 0 saturated carbocycles. The molecule has 0 aliphatic carbocycles. The molecule has 2 nitrogen and oxygen atoms in total. The van der Waals surface area contributed by atoms with Crippen molar-refractivity contribution in [2.75, 3.05) is 0 Å². The lowest BCUT2D eigenvalue weighted by molar-refractivity contribution is 0.424. The molecule has 0 amide bonds. The molecule has 1 N–H and O–H groups in total. The maximum Gasteiger partial charge on any atom is 0.0470 e. The molecule has 2 heteroatoms. The third kappa shape index (κ3) is 4.53. The molecule has 0 fully saturated rings. The van der Waals surface area contributed by atoms with E-state index in [9.17, 15) is 0 Å². The number of aryl methyl sites for hydroxylation is 1. The third-order valence-electron chi connectivity index (χ3n) is 3.43. The van der Waals surface area contributed by atoms with E-state index in [1.807, 2.05) is 0 Å². The van der Waals surface area contributed by atoms with Gasteiger partial charge in [-0.3, -0.25) is 0 Å². The minimum atomic E-state index is 0.165. The number of nitrogens with one attached hydrogen (secondary N) is 1. The Bertz CT molecular complexity index is 529. The fraction of sp³-hybridized carbons (Fsp3) is 0.444. The third-order valence-corrected chi connectivity index (χ3v) is 3.43. The summed E-state index contributed by atoms with van der Waals surface area (Å²) in [5.74, 6) is 0. The van der Waals surface area contributed by atoms with E-state index in [0.717, 1.165) is 19.5 Å². The first kappa shape index (κ1) is 14.9. The highest BCUT2D eigenvalue weighted by Crippen LogP contribution is 2.10. The Kier molecular flexibility index (Phi) is 4.66. The highest BCUT2D eigenvalue weighted by Gasteiger charge is 2.08. The van der Waals surface area contributed by atoms with Crippen LogP contribution >= 0.6 is 0 Å². The van der Waals surface area contributed by atoms with Crippen molar-refractivity contribution >= 4 is 0 Å². The lowest BCUT2D eigenvalue weighted by Crippen LogP contribution is -2.34. The van der Waals surface area contributed by atoms with Gasteiger partial charge in [-0.25, -0.2) is 0 Å². The van der Waals surface area contributed by atoms with Crippen LogP contribution in [0.4, 0.5) is 0 Å². The molecular weight excluding hydrogens is 244 g/mol. The van der Waals surface area contributed by atoms with Crippen LogP contribution in [0.1, 0.15) is 44.4 Å². The topological polar surface area (TPSA) is 17.0 Å². The highest BCUT2D eigenvalue weighted by atomic mass is 15.0. The minimum Gasteiger partial charge on any atom is -0.350 e. The molecule has 1 heterocycles. The molecule has 0 aliphatic heterocycles. The average molecular weight is 270 g/mol. The SMILES string of the molecule is CCc1ccc(Cn2ccc(CNC(C)(C)C)c2)cc1. The van der Waals surface area contributed by atoms with Crippen molar-refractivity contribution in [3.63, 3.8) is 0 Å². The number of nitrogens with zero attached hydrogens (tertiary/aromatic N) is 1. The van der Waals surface area contributed by atoms with Gasteiger partial charge >= 0.3 is 0 Å². The first-order valence-corrected chi connectivity index (χ1v) is 7.44. The molecule has 2 aromatic rings. The van der Waals surface area contributed by atoms with E-state index in [1.165, 1.54) is 16.7 Å². The standard InChI is InChI=1S/C18H26N2/c1-5-15-6-8-16(9-7-15)13-20-11-10-17(14-20)12-19-18(2,3)4/h6-11,14,19H,5,12-13H2,1-4H3. The van der Waals surface area contributed by atoms with Crippen LogP contribution in [0.2, 0.25) is 0 Å². The number of hydrogen-bond acceptors (Lipinski definition) is 1. The van der Waals surface area contributed by atoms with Gasteiger partial charge < -0.3 is 9.88 Å².